The van der Waals surface area contributed by atoms with E-state index in [2.05, 4.69) is 41.8 Å². The zero-order valence-electron chi connectivity index (χ0n) is 9.08. The molecule has 3 heteroatoms. The van der Waals surface area contributed by atoms with E-state index in [1.807, 2.05) is 7.05 Å². The number of nitrogens with zero attached hydrogens (tertiary/aromatic N) is 1. The van der Waals surface area contributed by atoms with Crippen LogP contribution in [0.3, 0.4) is 0 Å². The first-order chi connectivity index (χ1) is 6.66. The summed E-state index contributed by atoms with van der Waals surface area (Å²) in [7, 11) is 2.05. The van der Waals surface area contributed by atoms with Crippen LogP contribution in [0.1, 0.15) is 11.1 Å². The fourth-order valence-electron chi connectivity index (χ4n) is 1.71. The van der Waals surface area contributed by atoms with Gasteiger partial charge in [0.05, 0.1) is 6.61 Å². The van der Waals surface area contributed by atoms with Crippen molar-refractivity contribution in [2.75, 3.05) is 25.1 Å². The minimum absolute atomic E-state index is 0.546. The van der Waals surface area contributed by atoms with Crippen LogP contribution in [0.4, 0.5) is 5.69 Å². The zero-order valence-corrected chi connectivity index (χ0v) is 9.08. The van der Waals surface area contributed by atoms with Gasteiger partial charge in [0.2, 0.25) is 0 Å². The van der Waals surface area contributed by atoms with Gasteiger partial charge in [-0.3, -0.25) is 0 Å². The van der Waals surface area contributed by atoms with E-state index in [0.29, 0.717) is 6.61 Å². The number of rotatable bonds is 4. The molecule has 0 bridgehead atoms. The molecule has 1 rings (SSSR count). The molecule has 1 aromatic rings. The van der Waals surface area contributed by atoms with Crippen LogP contribution >= 0.6 is 0 Å². The van der Waals surface area contributed by atoms with Crippen molar-refractivity contribution in [2.24, 2.45) is 5.90 Å². The number of likely N-dealkylation sites (N-methyl/N-ethyl adjacent to an activating group) is 1. The van der Waals surface area contributed by atoms with Gasteiger partial charge in [-0.05, 0) is 25.0 Å². The predicted molar refractivity (Wildman–Crippen MR) is 59.3 cm³/mol. The summed E-state index contributed by atoms with van der Waals surface area (Å²) in [5.41, 5.74) is 3.83. The molecule has 1 aromatic carbocycles. The maximum atomic E-state index is 5.00. The summed E-state index contributed by atoms with van der Waals surface area (Å²) in [5.74, 6) is 5.00. The molecule has 0 unspecified atom stereocenters. The van der Waals surface area contributed by atoms with Gasteiger partial charge in [-0.15, -0.1) is 0 Å². The summed E-state index contributed by atoms with van der Waals surface area (Å²) in [6.07, 6.45) is 0. The molecule has 0 fully saturated rings. The van der Waals surface area contributed by atoms with Crippen molar-refractivity contribution < 1.29 is 4.84 Å². The van der Waals surface area contributed by atoms with E-state index >= 15 is 0 Å². The number of hydrogen-bond acceptors (Lipinski definition) is 3. The molecule has 2 N–H and O–H groups in total. The Balaban J connectivity index is 2.82. The summed E-state index contributed by atoms with van der Waals surface area (Å²) < 4.78 is 0. The molecule has 0 aliphatic carbocycles. The number of anilines is 1. The van der Waals surface area contributed by atoms with Gasteiger partial charge in [0.15, 0.2) is 0 Å². The second-order valence-corrected chi connectivity index (χ2v) is 3.53. The molecule has 0 aliphatic heterocycles. The van der Waals surface area contributed by atoms with Crippen LogP contribution in [0.25, 0.3) is 0 Å². The Morgan fingerprint density at radius 1 is 1.29 bits per heavy atom. The summed E-state index contributed by atoms with van der Waals surface area (Å²) in [5, 5.41) is 0. The van der Waals surface area contributed by atoms with Crippen LogP contribution in [-0.4, -0.2) is 20.2 Å². The fourth-order valence-corrected chi connectivity index (χ4v) is 1.71. The van der Waals surface area contributed by atoms with Gasteiger partial charge in [-0.1, -0.05) is 18.2 Å². The van der Waals surface area contributed by atoms with Crippen LogP contribution in [0, 0.1) is 13.8 Å². The Morgan fingerprint density at radius 3 is 2.36 bits per heavy atom. The standard InChI is InChI=1S/C11H18N2O/c1-9-5-4-6-10(2)11(9)13(3)7-8-14-12/h4-6H,7-8,12H2,1-3H3. The highest BCUT2D eigenvalue weighted by molar-refractivity contribution is 5.58. The monoisotopic (exact) mass is 194 g/mol. The largest absolute Gasteiger partial charge is 0.372 e. The van der Waals surface area contributed by atoms with Crippen LogP contribution in [-0.2, 0) is 4.84 Å². The van der Waals surface area contributed by atoms with Crippen LogP contribution < -0.4 is 10.8 Å². The number of para-hydroxylation sites is 1. The third-order valence-corrected chi connectivity index (χ3v) is 2.37. The quantitative estimate of drug-likeness (QED) is 0.740. The van der Waals surface area contributed by atoms with E-state index in [4.69, 9.17) is 5.90 Å². The van der Waals surface area contributed by atoms with Gasteiger partial charge in [-0.2, -0.15) is 0 Å². The topological polar surface area (TPSA) is 38.5 Å². The highest BCUT2D eigenvalue weighted by Crippen LogP contribution is 2.22. The summed E-state index contributed by atoms with van der Waals surface area (Å²) in [6.45, 7) is 5.58. The Labute approximate surface area is 85.4 Å². The van der Waals surface area contributed by atoms with Crippen LogP contribution in [0.2, 0.25) is 0 Å². The van der Waals surface area contributed by atoms with E-state index in [1.54, 1.807) is 0 Å². The van der Waals surface area contributed by atoms with Crippen molar-refractivity contribution in [3.8, 4) is 0 Å². The maximum absolute atomic E-state index is 5.00. The van der Waals surface area contributed by atoms with Crippen molar-refractivity contribution >= 4 is 5.69 Å². The Morgan fingerprint density at radius 2 is 1.86 bits per heavy atom. The second-order valence-electron chi connectivity index (χ2n) is 3.53. The van der Waals surface area contributed by atoms with Crippen molar-refractivity contribution in [3.05, 3.63) is 29.3 Å². The molecular weight excluding hydrogens is 176 g/mol. The molecule has 0 atom stereocenters. The van der Waals surface area contributed by atoms with Crippen LogP contribution in [0.15, 0.2) is 18.2 Å². The van der Waals surface area contributed by atoms with Gasteiger partial charge in [0, 0.05) is 19.3 Å². The Bertz CT molecular complexity index is 279. The van der Waals surface area contributed by atoms with E-state index < -0.39 is 0 Å². The van der Waals surface area contributed by atoms with Gasteiger partial charge in [0.1, 0.15) is 0 Å². The molecule has 0 radical (unpaired) electrons. The summed E-state index contributed by atoms with van der Waals surface area (Å²) in [6, 6.07) is 6.30. The lowest BCUT2D eigenvalue weighted by molar-refractivity contribution is 0.145. The number of hydrogen-bond donors (Lipinski definition) is 1. The molecule has 0 aliphatic rings. The Hall–Kier alpha value is -1.06. The molecule has 14 heavy (non-hydrogen) atoms. The van der Waals surface area contributed by atoms with E-state index in [9.17, 15) is 0 Å². The first kappa shape index (κ1) is 11.0. The summed E-state index contributed by atoms with van der Waals surface area (Å²) >= 11 is 0. The molecule has 0 heterocycles. The van der Waals surface area contributed by atoms with Crippen LogP contribution in [0.5, 0.6) is 0 Å². The number of nitrogens with two attached hydrogens (primary N) is 1. The van der Waals surface area contributed by atoms with Crippen molar-refractivity contribution in [3.63, 3.8) is 0 Å². The first-order valence-electron chi connectivity index (χ1n) is 4.76. The normalized spacial score (nSPS) is 10.3. The van der Waals surface area contributed by atoms with Gasteiger partial charge in [-0.25, -0.2) is 5.90 Å². The molecule has 0 spiro atoms. The van der Waals surface area contributed by atoms with Gasteiger partial charge < -0.3 is 9.74 Å². The lowest BCUT2D eigenvalue weighted by Gasteiger charge is -2.22. The molecule has 0 saturated heterocycles. The van der Waals surface area contributed by atoms with Gasteiger partial charge >= 0.3 is 0 Å². The first-order valence-corrected chi connectivity index (χ1v) is 4.76. The molecule has 0 amide bonds. The van der Waals surface area contributed by atoms with Crippen molar-refractivity contribution in [1.29, 1.82) is 0 Å². The highest BCUT2D eigenvalue weighted by atomic mass is 16.6. The number of aryl methyl sites for hydroxylation is 2. The average Bonchev–Trinajstić information content (AvgIpc) is 2.14. The Kier molecular flexibility index (Phi) is 3.92. The molecule has 0 saturated carbocycles. The molecule has 0 aromatic heterocycles. The zero-order chi connectivity index (χ0) is 10.6. The van der Waals surface area contributed by atoms with Crippen molar-refractivity contribution in [2.45, 2.75) is 13.8 Å². The molecule has 78 valence electrons. The minimum atomic E-state index is 0.546. The fraction of sp³-hybridized carbons (Fsp3) is 0.455. The van der Waals surface area contributed by atoms with Crippen molar-refractivity contribution in [1.82, 2.24) is 0 Å². The lowest BCUT2D eigenvalue weighted by Crippen LogP contribution is -2.25. The number of benzene rings is 1. The smallest absolute Gasteiger partial charge is 0.0854 e. The van der Waals surface area contributed by atoms with Gasteiger partial charge in [0.25, 0.3) is 0 Å². The summed E-state index contributed by atoms with van der Waals surface area (Å²) in [4.78, 5) is 6.74. The predicted octanol–water partition coefficient (Wildman–Crippen LogP) is 1.63. The third kappa shape index (κ3) is 2.47. The molecular formula is C11H18N2O. The van der Waals surface area contributed by atoms with E-state index in [0.717, 1.165) is 6.54 Å². The SMILES string of the molecule is Cc1cccc(C)c1N(C)CCON. The third-order valence-electron chi connectivity index (χ3n) is 2.37. The second kappa shape index (κ2) is 4.98. The molecule has 3 nitrogen and oxygen atoms in total. The minimum Gasteiger partial charge on any atom is -0.372 e. The highest BCUT2D eigenvalue weighted by Gasteiger charge is 2.06. The van der Waals surface area contributed by atoms with E-state index in [1.165, 1.54) is 16.8 Å². The van der Waals surface area contributed by atoms with E-state index in [-0.39, 0.29) is 0 Å². The maximum Gasteiger partial charge on any atom is 0.0854 e. The average molecular weight is 194 g/mol. The lowest BCUT2D eigenvalue weighted by atomic mass is 10.1.